The van der Waals surface area contributed by atoms with Gasteiger partial charge in [-0.05, 0) is 68.5 Å². The number of halogens is 2. The van der Waals surface area contributed by atoms with E-state index < -0.39 is 11.6 Å². The molecule has 0 aromatic heterocycles. The van der Waals surface area contributed by atoms with Gasteiger partial charge in [0.2, 0.25) is 11.8 Å². The first-order valence-corrected chi connectivity index (χ1v) is 9.47. The molecular formula is C22H24F2N2O2. The quantitative estimate of drug-likeness (QED) is 0.780. The van der Waals surface area contributed by atoms with Crippen molar-refractivity contribution in [1.82, 2.24) is 0 Å². The molecule has 0 aliphatic heterocycles. The minimum atomic E-state index is -0.410. The first kappa shape index (κ1) is 20.0. The van der Waals surface area contributed by atoms with Crippen molar-refractivity contribution < 1.29 is 18.4 Å². The Hall–Kier alpha value is -2.76. The van der Waals surface area contributed by atoms with Gasteiger partial charge in [0.05, 0.1) is 0 Å². The Balaban J connectivity index is 1.64. The smallest absolute Gasteiger partial charge is 0.227 e. The molecule has 1 aliphatic carbocycles. The van der Waals surface area contributed by atoms with Crippen molar-refractivity contribution in [3.8, 4) is 0 Å². The number of carbonyl (C=O) groups excluding carboxylic acids is 2. The molecule has 28 heavy (non-hydrogen) atoms. The topological polar surface area (TPSA) is 58.2 Å². The van der Waals surface area contributed by atoms with Crippen LogP contribution in [0.4, 0.5) is 20.2 Å². The van der Waals surface area contributed by atoms with E-state index in [0.717, 1.165) is 17.5 Å². The van der Waals surface area contributed by atoms with Crippen molar-refractivity contribution in [2.45, 2.75) is 39.5 Å². The van der Waals surface area contributed by atoms with Gasteiger partial charge in [0.15, 0.2) is 0 Å². The zero-order valence-electron chi connectivity index (χ0n) is 16.0. The van der Waals surface area contributed by atoms with Crippen LogP contribution in [0, 0.1) is 37.3 Å². The number of carbonyl (C=O) groups is 2. The molecule has 2 atom stereocenters. The lowest BCUT2D eigenvalue weighted by Crippen LogP contribution is -2.33. The summed E-state index contributed by atoms with van der Waals surface area (Å²) >= 11 is 0. The molecule has 1 saturated carbocycles. The van der Waals surface area contributed by atoms with Crippen LogP contribution in [-0.4, -0.2) is 11.8 Å². The first-order chi connectivity index (χ1) is 13.3. The van der Waals surface area contributed by atoms with E-state index in [-0.39, 0.29) is 23.7 Å². The number of nitrogens with one attached hydrogen (secondary N) is 2. The van der Waals surface area contributed by atoms with Crippen LogP contribution in [0.25, 0.3) is 0 Å². The number of anilines is 2. The van der Waals surface area contributed by atoms with E-state index in [0.29, 0.717) is 30.6 Å². The molecule has 2 aromatic carbocycles. The lowest BCUT2D eigenvalue weighted by molar-refractivity contribution is -0.124. The molecule has 2 N–H and O–H groups in total. The highest BCUT2D eigenvalue weighted by atomic mass is 19.1. The van der Waals surface area contributed by atoms with Crippen LogP contribution in [0.1, 0.15) is 36.8 Å². The van der Waals surface area contributed by atoms with Gasteiger partial charge in [0.25, 0.3) is 0 Å². The van der Waals surface area contributed by atoms with Gasteiger partial charge < -0.3 is 10.6 Å². The third-order valence-electron chi connectivity index (χ3n) is 5.33. The summed E-state index contributed by atoms with van der Waals surface area (Å²) in [6.07, 6.45) is 2.53. The average molecular weight is 386 g/mol. The highest BCUT2D eigenvalue weighted by Crippen LogP contribution is 2.31. The summed E-state index contributed by atoms with van der Waals surface area (Å²) in [4.78, 5) is 25.3. The molecule has 6 heteroatoms. The fourth-order valence-electron chi connectivity index (χ4n) is 3.59. The molecule has 0 heterocycles. The van der Waals surface area contributed by atoms with Gasteiger partial charge in [0.1, 0.15) is 11.6 Å². The SMILES string of the molecule is Cc1ccc(F)cc1NC(=O)C1CCCC(C(=O)Nc2cc(F)ccc2C)C1. The van der Waals surface area contributed by atoms with E-state index in [9.17, 15) is 18.4 Å². The number of benzene rings is 2. The Morgan fingerprint density at radius 3 is 1.68 bits per heavy atom. The summed E-state index contributed by atoms with van der Waals surface area (Å²) in [5, 5.41) is 5.57. The number of amides is 2. The van der Waals surface area contributed by atoms with Crippen molar-refractivity contribution in [3.05, 3.63) is 59.2 Å². The zero-order chi connectivity index (χ0) is 20.3. The Kier molecular flexibility index (Phi) is 6.07. The van der Waals surface area contributed by atoms with Crippen LogP contribution in [0.15, 0.2) is 36.4 Å². The van der Waals surface area contributed by atoms with Crippen LogP contribution in [0.2, 0.25) is 0 Å². The van der Waals surface area contributed by atoms with E-state index in [1.165, 1.54) is 24.3 Å². The van der Waals surface area contributed by atoms with Gasteiger partial charge in [-0.1, -0.05) is 18.6 Å². The second kappa shape index (κ2) is 8.50. The summed E-state index contributed by atoms with van der Waals surface area (Å²) in [6, 6.07) is 8.52. The summed E-state index contributed by atoms with van der Waals surface area (Å²) in [6.45, 7) is 3.60. The van der Waals surface area contributed by atoms with Crippen LogP contribution in [-0.2, 0) is 9.59 Å². The Bertz CT molecular complexity index is 827. The molecule has 2 aromatic rings. The minimum Gasteiger partial charge on any atom is -0.326 e. The summed E-state index contributed by atoms with van der Waals surface area (Å²) in [5.41, 5.74) is 2.46. The Labute approximate surface area is 163 Å². The van der Waals surface area contributed by atoms with Crippen molar-refractivity contribution in [1.29, 1.82) is 0 Å². The predicted octanol–water partition coefficient (Wildman–Crippen LogP) is 4.97. The van der Waals surface area contributed by atoms with E-state index >= 15 is 0 Å². The first-order valence-electron chi connectivity index (χ1n) is 9.47. The molecule has 0 saturated heterocycles. The predicted molar refractivity (Wildman–Crippen MR) is 105 cm³/mol. The molecule has 2 amide bonds. The van der Waals surface area contributed by atoms with Crippen molar-refractivity contribution in [3.63, 3.8) is 0 Å². The molecule has 148 valence electrons. The molecule has 3 rings (SSSR count). The van der Waals surface area contributed by atoms with E-state index in [4.69, 9.17) is 0 Å². The molecule has 1 fully saturated rings. The maximum atomic E-state index is 13.4. The van der Waals surface area contributed by atoms with Crippen molar-refractivity contribution in [2.24, 2.45) is 11.8 Å². The van der Waals surface area contributed by atoms with E-state index in [2.05, 4.69) is 10.6 Å². The molecule has 1 aliphatic rings. The lowest BCUT2D eigenvalue weighted by Gasteiger charge is -2.28. The van der Waals surface area contributed by atoms with Gasteiger partial charge in [-0.2, -0.15) is 0 Å². The van der Waals surface area contributed by atoms with Crippen LogP contribution < -0.4 is 10.6 Å². The normalized spacial score (nSPS) is 19.1. The van der Waals surface area contributed by atoms with Gasteiger partial charge in [-0.25, -0.2) is 8.78 Å². The largest absolute Gasteiger partial charge is 0.326 e. The maximum Gasteiger partial charge on any atom is 0.227 e. The van der Waals surface area contributed by atoms with Gasteiger partial charge >= 0.3 is 0 Å². The third-order valence-corrected chi connectivity index (χ3v) is 5.33. The second-order valence-electron chi connectivity index (χ2n) is 7.46. The molecular weight excluding hydrogens is 362 g/mol. The highest BCUT2D eigenvalue weighted by molar-refractivity contribution is 5.96. The maximum absolute atomic E-state index is 13.4. The Morgan fingerprint density at radius 2 is 1.25 bits per heavy atom. The average Bonchev–Trinajstić information content (AvgIpc) is 2.67. The summed E-state index contributed by atoms with van der Waals surface area (Å²) in [5.74, 6) is -1.86. The van der Waals surface area contributed by atoms with Crippen molar-refractivity contribution in [2.75, 3.05) is 10.6 Å². The van der Waals surface area contributed by atoms with Gasteiger partial charge in [0, 0.05) is 23.2 Å². The Morgan fingerprint density at radius 1 is 0.821 bits per heavy atom. The number of hydrogen-bond acceptors (Lipinski definition) is 2. The van der Waals surface area contributed by atoms with E-state index in [1.807, 2.05) is 0 Å². The van der Waals surface area contributed by atoms with Crippen LogP contribution >= 0.6 is 0 Å². The van der Waals surface area contributed by atoms with Crippen LogP contribution in [0.5, 0.6) is 0 Å². The fraction of sp³-hybridized carbons (Fsp3) is 0.364. The number of rotatable bonds is 4. The minimum absolute atomic E-state index is 0.201. The molecule has 0 radical (unpaired) electrons. The van der Waals surface area contributed by atoms with Crippen molar-refractivity contribution >= 4 is 23.2 Å². The fourth-order valence-corrected chi connectivity index (χ4v) is 3.59. The lowest BCUT2D eigenvalue weighted by atomic mass is 9.80. The van der Waals surface area contributed by atoms with E-state index in [1.54, 1.807) is 26.0 Å². The standard InChI is InChI=1S/C22H24F2N2O2/c1-13-6-8-17(23)11-19(13)25-21(27)15-4-3-5-16(10-15)22(28)26-20-12-18(24)9-7-14(20)2/h6-9,11-12,15-16H,3-5,10H2,1-2H3,(H,25,27)(H,26,28). The molecule has 2 unspecified atom stereocenters. The third kappa shape index (κ3) is 4.74. The van der Waals surface area contributed by atoms with Crippen LogP contribution in [0.3, 0.4) is 0 Å². The monoisotopic (exact) mass is 386 g/mol. The van der Waals surface area contributed by atoms with Gasteiger partial charge in [-0.15, -0.1) is 0 Å². The highest BCUT2D eigenvalue weighted by Gasteiger charge is 2.31. The number of aryl methyl sites for hydroxylation is 2. The second-order valence-corrected chi connectivity index (χ2v) is 7.46. The summed E-state index contributed by atoms with van der Waals surface area (Å²) in [7, 11) is 0. The zero-order valence-corrected chi connectivity index (χ0v) is 16.0. The number of hydrogen-bond donors (Lipinski definition) is 2. The molecule has 0 spiro atoms. The summed E-state index contributed by atoms with van der Waals surface area (Å²) < 4.78 is 26.9. The van der Waals surface area contributed by atoms with Gasteiger partial charge in [-0.3, -0.25) is 9.59 Å². The molecule has 4 nitrogen and oxygen atoms in total. The molecule has 0 bridgehead atoms.